The zero-order chi connectivity index (χ0) is 22.5. The summed E-state index contributed by atoms with van der Waals surface area (Å²) in [7, 11) is 0. The van der Waals surface area contributed by atoms with Crippen molar-refractivity contribution >= 4 is 40.5 Å². The van der Waals surface area contributed by atoms with Crippen LogP contribution in [0.4, 0.5) is 11.4 Å². The smallest absolute Gasteiger partial charge is 0.280 e. The van der Waals surface area contributed by atoms with Crippen molar-refractivity contribution < 1.29 is 18.9 Å². The lowest BCUT2D eigenvalue weighted by molar-refractivity contribution is -0.384. The summed E-state index contributed by atoms with van der Waals surface area (Å²) in [6.45, 7) is 0. The van der Waals surface area contributed by atoms with Crippen LogP contribution >= 0.6 is 11.3 Å². The SMILES string of the molecule is O=C(/C=C/c1ccc(-c2ccccc2[N+](=O)[O-])o1)c1ccc(NC(=O)c2cccs2)cc1. The molecule has 32 heavy (non-hydrogen) atoms. The number of anilines is 1. The van der Waals surface area contributed by atoms with Crippen LogP contribution in [0.15, 0.2) is 88.7 Å². The summed E-state index contributed by atoms with van der Waals surface area (Å²) in [6.07, 6.45) is 2.87. The number of carbonyl (C=O) groups excluding carboxylic acids is 2. The highest BCUT2D eigenvalue weighted by Gasteiger charge is 2.16. The van der Waals surface area contributed by atoms with Crippen molar-refractivity contribution in [3.8, 4) is 11.3 Å². The molecule has 0 saturated heterocycles. The van der Waals surface area contributed by atoms with Crippen LogP contribution in [0.1, 0.15) is 25.8 Å². The van der Waals surface area contributed by atoms with E-state index in [-0.39, 0.29) is 17.4 Å². The molecular weight excluding hydrogens is 428 g/mol. The second-order valence-corrected chi connectivity index (χ2v) is 7.63. The quantitative estimate of drug-likeness (QED) is 0.161. The molecule has 158 valence electrons. The number of ketones is 1. The first kappa shape index (κ1) is 21.0. The van der Waals surface area contributed by atoms with Crippen LogP contribution < -0.4 is 5.32 Å². The Hall–Kier alpha value is -4.30. The van der Waals surface area contributed by atoms with Crippen LogP contribution in [0, 0.1) is 10.1 Å². The normalized spacial score (nSPS) is 10.9. The third kappa shape index (κ3) is 4.71. The molecule has 4 aromatic rings. The molecule has 1 N–H and O–H groups in total. The summed E-state index contributed by atoms with van der Waals surface area (Å²) >= 11 is 1.35. The summed E-state index contributed by atoms with van der Waals surface area (Å²) < 4.78 is 5.66. The van der Waals surface area contributed by atoms with E-state index in [1.807, 2.05) is 5.38 Å². The van der Waals surface area contributed by atoms with Gasteiger partial charge >= 0.3 is 0 Å². The molecule has 0 radical (unpaired) electrons. The minimum atomic E-state index is -0.469. The molecular formula is C24H16N2O5S. The molecule has 8 heteroatoms. The number of rotatable bonds is 7. The fourth-order valence-electron chi connectivity index (χ4n) is 3.00. The van der Waals surface area contributed by atoms with Gasteiger partial charge in [0.1, 0.15) is 11.5 Å². The molecule has 2 aromatic heterocycles. The molecule has 0 spiro atoms. The van der Waals surface area contributed by atoms with Crippen LogP contribution in [-0.4, -0.2) is 16.6 Å². The van der Waals surface area contributed by atoms with Crippen molar-refractivity contribution in [2.24, 2.45) is 0 Å². The Morgan fingerprint density at radius 3 is 2.47 bits per heavy atom. The van der Waals surface area contributed by atoms with Crippen molar-refractivity contribution in [3.63, 3.8) is 0 Å². The first-order valence-electron chi connectivity index (χ1n) is 9.52. The van der Waals surface area contributed by atoms with Crippen molar-refractivity contribution in [2.75, 3.05) is 5.32 Å². The largest absolute Gasteiger partial charge is 0.456 e. The lowest BCUT2D eigenvalue weighted by Gasteiger charge is -2.04. The van der Waals surface area contributed by atoms with Crippen LogP contribution in [0.5, 0.6) is 0 Å². The van der Waals surface area contributed by atoms with E-state index < -0.39 is 4.92 Å². The standard InChI is InChI=1S/C24H16N2O5S/c27-21(16-7-9-17(10-8-16)25-24(28)23-6-3-15-32-23)13-11-18-12-14-22(31-18)19-4-1-2-5-20(19)26(29)30/h1-15H,(H,25,28)/b13-11+. The van der Waals surface area contributed by atoms with Gasteiger partial charge in [0.05, 0.1) is 15.4 Å². The highest BCUT2D eigenvalue weighted by molar-refractivity contribution is 7.12. The topological polar surface area (TPSA) is 102 Å². The van der Waals surface area contributed by atoms with Gasteiger partial charge in [0.2, 0.25) is 0 Å². The summed E-state index contributed by atoms with van der Waals surface area (Å²) in [4.78, 5) is 35.9. The van der Waals surface area contributed by atoms with Crippen LogP contribution in [0.2, 0.25) is 0 Å². The minimum absolute atomic E-state index is 0.0558. The number of para-hydroxylation sites is 1. The number of benzene rings is 2. The summed E-state index contributed by atoms with van der Waals surface area (Å²) in [5.41, 5.74) is 1.34. The maximum atomic E-state index is 12.5. The van der Waals surface area contributed by atoms with Crippen LogP contribution in [0.3, 0.4) is 0 Å². The van der Waals surface area contributed by atoms with E-state index in [0.717, 1.165) is 0 Å². The summed E-state index contributed by atoms with van der Waals surface area (Å²) in [6, 6.07) is 19.6. The van der Waals surface area contributed by atoms with E-state index in [9.17, 15) is 19.7 Å². The first-order valence-corrected chi connectivity index (χ1v) is 10.4. The van der Waals surface area contributed by atoms with Crippen molar-refractivity contribution in [2.45, 2.75) is 0 Å². The summed E-state index contributed by atoms with van der Waals surface area (Å²) in [5, 5.41) is 15.8. The zero-order valence-electron chi connectivity index (χ0n) is 16.6. The predicted octanol–water partition coefficient (Wildman–Crippen LogP) is 6.06. The maximum absolute atomic E-state index is 12.5. The average molecular weight is 444 g/mol. The molecule has 0 aliphatic carbocycles. The van der Waals surface area contributed by atoms with E-state index in [1.165, 1.54) is 29.6 Å². The number of carbonyl (C=O) groups is 2. The van der Waals surface area contributed by atoms with Crippen LogP contribution in [-0.2, 0) is 0 Å². The van der Waals surface area contributed by atoms with Gasteiger partial charge in [-0.3, -0.25) is 19.7 Å². The molecule has 2 heterocycles. The summed E-state index contributed by atoms with van der Waals surface area (Å²) in [5.74, 6) is 0.289. The Balaban J connectivity index is 1.43. The maximum Gasteiger partial charge on any atom is 0.280 e. The third-order valence-electron chi connectivity index (χ3n) is 4.56. The second-order valence-electron chi connectivity index (χ2n) is 6.68. The monoisotopic (exact) mass is 444 g/mol. The van der Waals surface area contributed by atoms with E-state index in [4.69, 9.17) is 4.42 Å². The number of thiophene rings is 1. The lowest BCUT2D eigenvalue weighted by Crippen LogP contribution is -2.10. The fourth-order valence-corrected chi connectivity index (χ4v) is 3.62. The van der Waals surface area contributed by atoms with Gasteiger partial charge in [0, 0.05) is 17.3 Å². The number of nitro groups is 1. The molecule has 0 fully saturated rings. The van der Waals surface area contributed by atoms with Gasteiger partial charge in [-0.2, -0.15) is 0 Å². The van der Waals surface area contributed by atoms with Crippen molar-refractivity contribution in [1.29, 1.82) is 0 Å². The highest BCUT2D eigenvalue weighted by atomic mass is 32.1. The molecule has 0 saturated carbocycles. The molecule has 0 aliphatic rings. The highest BCUT2D eigenvalue weighted by Crippen LogP contribution is 2.31. The lowest BCUT2D eigenvalue weighted by atomic mass is 10.1. The average Bonchev–Trinajstić information content (AvgIpc) is 3.50. The van der Waals surface area contributed by atoms with Crippen LogP contribution in [0.25, 0.3) is 17.4 Å². The van der Waals surface area contributed by atoms with Gasteiger partial charge in [-0.25, -0.2) is 0 Å². The molecule has 0 aliphatic heterocycles. The molecule has 0 unspecified atom stereocenters. The molecule has 0 atom stereocenters. The number of hydrogen-bond acceptors (Lipinski definition) is 6. The fraction of sp³-hybridized carbons (Fsp3) is 0. The Kier molecular flexibility index (Phi) is 6.05. The van der Waals surface area contributed by atoms with E-state index in [1.54, 1.807) is 66.7 Å². The first-order chi connectivity index (χ1) is 15.5. The number of nitro benzene ring substituents is 1. The molecule has 7 nitrogen and oxygen atoms in total. The van der Waals surface area contributed by atoms with Crippen molar-refractivity contribution in [3.05, 3.63) is 111 Å². The Morgan fingerprint density at radius 1 is 0.969 bits per heavy atom. The number of nitrogens with one attached hydrogen (secondary N) is 1. The van der Waals surface area contributed by atoms with Gasteiger partial charge in [-0.15, -0.1) is 11.3 Å². The number of amides is 1. The number of allylic oxidation sites excluding steroid dienone is 1. The predicted molar refractivity (Wildman–Crippen MR) is 123 cm³/mol. The van der Waals surface area contributed by atoms with Gasteiger partial charge in [-0.1, -0.05) is 18.2 Å². The van der Waals surface area contributed by atoms with E-state index in [2.05, 4.69) is 5.32 Å². The van der Waals surface area contributed by atoms with Gasteiger partial charge in [0.25, 0.3) is 11.6 Å². The van der Waals surface area contributed by atoms with E-state index in [0.29, 0.717) is 33.2 Å². The molecule has 0 bridgehead atoms. The third-order valence-corrected chi connectivity index (χ3v) is 5.43. The Morgan fingerprint density at radius 2 is 1.75 bits per heavy atom. The Labute approximate surface area is 186 Å². The van der Waals surface area contributed by atoms with E-state index >= 15 is 0 Å². The molecule has 2 aromatic carbocycles. The van der Waals surface area contributed by atoms with Gasteiger partial charge in [0.15, 0.2) is 5.78 Å². The number of furan rings is 1. The van der Waals surface area contributed by atoms with Gasteiger partial charge in [-0.05, 0) is 66.1 Å². The van der Waals surface area contributed by atoms with Gasteiger partial charge < -0.3 is 9.73 Å². The molecule has 4 rings (SSSR count). The number of nitrogens with zero attached hydrogens (tertiary/aromatic N) is 1. The van der Waals surface area contributed by atoms with Crippen molar-refractivity contribution in [1.82, 2.24) is 0 Å². The Bertz CT molecular complexity index is 1300. The zero-order valence-corrected chi connectivity index (χ0v) is 17.4. The minimum Gasteiger partial charge on any atom is -0.456 e. The molecule has 1 amide bonds. The number of hydrogen-bond donors (Lipinski definition) is 1. The second kappa shape index (κ2) is 9.23.